The Bertz CT molecular complexity index is 458. The molecule has 1 unspecified atom stereocenters. The fourth-order valence-corrected chi connectivity index (χ4v) is 4.12. The van der Waals surface area contributed by atoms with Gasteiger partial charge in [-0.1, -0.05) is 15.9 Å². The first-order valence-electron chi connectivity index (χ1n) is 4.98. The van der Waals surface area contributed by atoms with Crippen LogP contribution in [0.2, 0.25) is 0 Å². The van der Waals surface area contributed by atoms with Gasteiger partial charge < -0.3 is 5.32 Å². The molecule has 1 atom stereocenters. The van der Waals surface area contributed by atoms with Crippen LogP contribution in [0.25, 0.3) is 0 Å². The summed E-state index contributed by atoms with van der Waals surface area (Å²) in [4.78, 5) is 20.3. The molecule has 18 heavy (non-hydrogen) atoms. The van der Waals surface area contributed by atoms with E-state index in [0.717, 1.165) is 13.4 Å². The fraction of sp³-hybridized carbons (Fsp3) is 0.300. The average Bonchev–Trinajstić information content (AvgIpc) is 2.22. The topological polar surface area (TPSA) is 66.4 Å². The molecular weight excluding hydrogens is 453 g/mol. The third kappa shape index (κ3) is 5.45. The van der Waals surface area contributed by atoms with Crippen molar-refractivity contribution >= 4 is 67.4 Å². The second kappa shape index (κ2) is 7.70. The number of carbonyl (C=O) groups is 1. The van der Waals surface area contributed by atoms with Crippen molar-refractivity contribution in [1.82, 2.24) is 0 Å². The van der Waals surface area contributed by atoms with E-state index in [1.54, 1.807) is 0 Å². The Morgan fingerprint density at radius 2 is 1.83 bits per heavy atom. The summed E-state index contributed by atoms with van der Waals surface area (Å²) in [5.74, 6) is -0.185. The van der Waals surface area contributed by atoms with Gasteiger partial charge in [-0.3, -0.25) is 4.79 Å². The molecule has 0 spiro atoms. The molecule has 0 aliphatic heterocycles. The van der Waals surface area contributed by atoms with Crippen molar-refractivity contribution in [3.05, 3.63) is 25.6 Å². The van der Waals surface area contributed by atoms with Crippen molar-refractivity contribution in [1.29, 1.82) is 0 Å². The van der Waals surface area contributed by atoms with Gasteiger partial charge in [-0.25, -0.2) is 0 Å². The quantitative estimate of drug-likeness (QED) is 0.636. The van der Waals surface area contributed by atoms with Crippen LogP contribution in [0.1, 0.15) is 12.8 Å². The molecule has 2 N–H and O–H groups in total. The average molecular weight is 463 g/mol. The highest BCUT2D eigenvalue weighted by Crippen LogP contribution is 2.34. The highest BCUT2D eigenvalue weighted by atomic mass is 79.9. The van der Waals surface area contributed by atoms with E-state index < -0.39 is 8.03 Å². The number of halogens is 3. The molecule has 0 saturated carbocycles. The lowest BCUT2D eigenvalue weighted by atomic mass is 10.3. The summed E-state index contributed by atoms with van der Waals surface area (Å²) in [7, 11) is -2.16. The predicted molar refractivity (Wildman–Crippen MR) is 82.1 cm³/mol. The molecule has 1 aromatic carbocycles. The first kappa shape index (κ1) is 16.2. The van der Waals surface area contributed by atoms with Gasteiger partial charge >= 0.3 is 8.03 Å². The zero-order valence-electron chi connectivity index (χ0n) is 9.12. The van der Waals surface area contributed by atoms with E-state index in [1.807, 2.05) is 12.1 Å². The van der Waals surface area contributed by atoms with Crippen molar-refractivity contribution in [3.8, 4) is 0 Å². The molecule has 8 heteroatoms. The molecular formula is C10H10Br3NO3P+. The van der Waals surface area contributed by atoms with Crippen LogP contribution in [0.5, 0.6) is 0 Å². The first-order chi connectivity index (χ1) is 8.40. The third-order valence-electron chi connectivity index (χ3n) is 2.02. The molecule has 1 aromatic rings. The Morgan fingerprint density at radius 1 is 1.28 bits per heavy atom. The maximum Gasteiger partial charge on any atom is 0.505 e. The highest BCUT2D eigenvalue weighted by molar-refractivity contribution is 9.11. The number of nitrogens with one attached hydrogen (secondary N) is 1. The summed E-state index contributed by atoms with van der Waals surface area (Å²) in [6.45, 7) is 0. The number of benzene rings is 1. The first-order valence-corrected chi connectivity index (χ1v) is 8.75. The van der Waals surface area contributed by atoms with E-state index in [1.165, 1.54) is 0 Å². The van der Waals surface area contributed by atoms with Gasteiger partial charge in [0, 0.05) is 26.3 Å². The molecule has 0 aliphatic rings. The van der Waals surface area contributed by atoms with Gasteiger partial charge in [0.25, 0.3) is 0 Å². The Morgan fingerprint density at radius 3 is 2.33 bits per heavy atom. The maximum atomic E-state index is 11.6. The van der Waals surface area contributed by atoms with Crippen molar-refractivity contribution < 1.29 is 14.3 Å². The smallest absolute Gasteiger partial charge is 0.324 e. The molecule has 0 radical (unpaired) electrons. The second-order valence-corrected chi connectivity index (χ2v) is 7.25. The summed E-state index contributed by atoms with van der Waals surface area (Å²) in [5.41, 5.74) is 0.650. The summed E-state index contributed by atoms with van der Waals surface area (Å²) >= 11 is 10.1. The van der Waals surface area contributed by atoms with Crippen molar-refractivity contribution in [3.63, 3.8) is 0 Å². The molecule has 0 fully saturated rings. The van der Waals surface area contributed by atoms with Gasteiger partial charge in [0.05, 0.1) is 5.69 Å². The summed E-state index contributed by atoms with van der Waals surface area (Å²) in [6, 6.07) is 3.65. The van der Waals surface area contributed by atoms with E-state index >= 15 is 0 Å². The van der Waals surface area contributed by atoms with Gasteiger partial charge in [0.2, 0.25) is 5.91 Å². The number of rotatable bonds is 5. The largest absolute Gasteiger partial charge is 0.505 e. The van der Waals surface area contributed by atoms with Crippen LogP contribution < -0.4 is 5.32 Å². The van der Waals surface area contributed by atoms with E-state index in [2.05, 4.69) is 53.1 Å². The summed E-state index contributed by atoms with van der Waals surface area (Å²) < 4.78 is 12.9. The standard InChI is InChI=1S/C10H9Br3NO3P/c11-6-4-7(12)10(8(13)5-6)14-9(15)2-1-3-18(16)17/h4-5H,1-3H2,(H-,14,15,16,17)/p+1. The van der Waals surface area contributed by atoms with Crippen LogP contribution in [0.15, 0.2) is 25.6 Å². The predicted octanol–water partition coefficient (Wildman–Crippen LogP) is 4.43. The summed E-state index contributed by atoms with van der Waals surface area (Å²) in [5, 5.41) is 2.75. The van der Waals surface area contributed by atoms with Crippen LogP contribution in [0, 0.1) is 0 Å². The van der Waals surface area contributed by atoms with Crippen LogP contribution in [0.3, 0.4) is 0 Å². The lowest BCUT2D eigenvalue weighted by molar-refractivity contribution is -0.116. The molecule has 0 heterocycles. The Kier molecular flexibility index (Phi) is 6.95. The Balaban J connectivity index is 2.62. The van der Waals surface area contributed by atoms with Crippen molar-refractivity contribution in [2.45, 2.75) is 12.8 Å². The van der Waals surface area contributed by atoms with E-state index in [-0.39, 0.29) is 18.5 Å². The molecule has 0 saturated heterocycles. The maximum absolute atomic E-state index is 11.6. The number of carbonyl (C=O) groups excluding carboxylic acids is 1. The van der Waals surface area contributed by atoms with Gasteiger partial charge in [-0.15, -0.1) is 0 Å². The molecule has 1 rings (SSSR count). The fourth-order valence-electron chi connectivity index (χ4n) is 1.24. The van der Waals surface area contributed by atoms with Crippen LogP contribution in [-0.2, 0) is 9.36 Å². The SMILES string of the molecule is O=C(CCC[P+](=O)O)Nc1c(Br)cc(Br)cc1Br. The minimum absolute atomic E-state index is 0.144. The van der Waals surface area contributed by atoms with Gasteiger partial charge in [0.1, 0.15) is 0 Å². The lowest BCUT2D eigenvalue weighted by Gasteiger charge is -2.09. The monoisotopic (exact) mass is 460 g/mol. The summed E-state index contributed by atoms with van der Waals surface area (Å²) in [6.07, 6.45) is 0.755. The zero-order valence-corrected chi connectivity index (χ0v) is 14.8. The van der Waals surface area contributed by atoms with Crippen LogP contribution >= 0.6 is 55.8 Å². The third-order valence-corrected chi connectivity index (χ3v) is 4.43. The van der Waals surface area contributed by atoms with Crippen molar-refractivity contribution in [2.75, 3.05) is 11.5 Å². The normalized spacial score (nSPS) is 11.2. The van der Waals surface area contributed by atoms with Gasteiger partial charge in [-0.05, 0) is 48.6 Å². The molecule has 4 nitrogen and oxygen atoms in total. The minimum Gasteiger partial charge on any atom is -0.324 e. The van der Waals surface area contributed by atoms with E-state index in [4.69, 9.17) is 4.89 Å². The van der Waals surface area contributed by atoms with E-state index in [9.17, 15) is 9.36 Å². The number of anilines is 1. The highest BCUT2D eigenvalue weighted by Gasteiger charge is 2.13. The molecule has 0 aromatic heterocycles. The van der Waals surface area contributed by atoms with Gasteiger partial charge in [-0.2, -0.15) is 4.89 Å². The Labute approximate surface area is 131 Å². The number of amides is 1. The lowest BCUT2D eigenvalue weighted by Crippen LogP contribution is -2.12. The molecule has 0 bridgehead atoms. The van der Waals surface area contributed by atoms with Crippen LogP contribution in [-0.4, -0.2) is 17.0 Å². The number of hydrogen-bond donors (Lipinski definition) is 2. The zero-order chi connectivity index (χ0) is 13.7. The number of hydrogen-bond acceptors (Lipinski definition) is 2. The minimum atomic E-state index is -2.16. The molecule has 0 aliphatic carbocycles. The van der Waals surface area contributed by atoms with Crippen LogP contribution in [0.4, 0.5) is 5.69 Å². The van der Waals surface area contributed by atoms with Crippen molar-refractivity contribution in [2.24, 2.45) is 0 Å². The molecule has 98 valence electrons. The Hall–Kier alpha value is 0.190. The van der Waals surface area contributed by atoms with Gasteiger partial charge in [0.15, 0.2) is 6.16 Å². The molecule has 1 amide bonds. The second-order valence-electron chi connectivity index (χ2n) is 3.47. The van der Waals surface area contributed by atoms with E-state index in [0.29, 0.717) is 12.1 Å².